The molecular weight excluding hydrogens is 204 g/mol. The molecular formula is C12H18N2O2. The summed E-state index contributed by atoms with van der Waals surface area (Å²) in [6.07, 6.45) is 5.71. The Hall–Kier alpha value is -1.32. The van der Waals surface area contributed by atoms with E-state index in [2.05, 4.69) is 18.9 Å². The van der Waals surface area contributed by atoms with E-state index in [9.17, 15) is 4.79 Å². The van der Waals surface area contributed by atoms with Crippen LogP contribution in [0.25, 0.3) is 0 Å². The molecule has 0 amide bonds. The highest BCUT2D eigenvalue weighted by atomic mass is 16.4. The van der Waals surface area contributed by atoms with Gasteiger partial charge >= 0.3 is 5.97 Å². The molecule has 0 spiro atoms. The van der Waals surface area contributed by atoms with Crippen molar-refractivity contribution in [3.63, 3.8) is 0 Å². The third-order valence-electron chi connectivity index (χ3n) is 3.32. The lowest BCUT2D eigenvalue weighted by molar-refractivity contribution is 0.0695. The van der Waals surface area contributed by atoms with Crippen molar-refractivity contribution in [2.45, 2.75) is 51.5 Å². The standard InChI is InChI=1S/C12H18N2O2/c1-3-9(4-2)14-11(8-5-6-8)10(7-13-14)12(15)16/h7-9H,3-6H2,1-2H3,(H,15,16). The fourth-order valence-electron chi connectivity index (χ4n) is 2.23. The molecule has 1 aromatic rings. The van der Waals surface area contributed by atoms with Crippen molar-refractivity contribution < 1.29 is 9.90 Å². The molecule has 0 aromatic carbocycles. The quantitative estimate of drug-likeness (QED) is 0.833. The second kappa shape index (κ2) is 4.28. The Balaban J connectivity index is 2.41. The molecule has 1 saturated carbocycles. The molecule has 1 fully saturated rings. The van der Waals surface area contributed by atoms with Gasteiger partial charge in [0.15, 0.2) is 0 Å². The number of carboxylic acid groups (broad SMARTS) is 1. The summed E-state index contributed by atoms with van der Waals surface area (Å²) in [5.74, 6) is -0.423. The van der Waals surface area contributed by atoms with Gasteiger partial charge in [0.25, 0.3) is 0 Å². The summed E-state index contributed by atoms with van der Waals surface area (Å²) in [6.45, 7) is 4.24. The predicted octanol–water partition coefficient (Wildman–Crippen LogP) is 2.82. The Bertz CT molecular complexity index is 390. The fraction of sp³-hybridized carbons (Fsp3) is 0.667. The summed E-state index contributed by atoms with van der Waals surface area (Å²) in [5.41, 5.74) is 1.34. The van der Waals surface area contributed by atoms with Gasteiger partial charge in [0.1, 0.15) is 5.56 Å². The van der Waals surface area contributed by atoms with Gasteiger partial charge in [0.05, 0.1) is 17.9 Å². The molecule has 1 aliphatic carbocycles. The molecule has 4 nitrogen and oxygen atoms in total. The number of nitrogens with zero attached hydrogens (tertiary/aromatic N) is 2. The van der Waals surface area contributed by atoms with Crippen LogP contribution in [-0.2, 0) is 0 Å². The molecule has 0 radical (unpaired) electrons. The monoisotopic (exact) mass is 222 g/mol. The van der Waals surface area contributed by atoms with Crippen molar-refractivity contribution in [1.82, 2.24) is 9.78 Å². The first kappa shape index (κ1) is 11.2. The minimum atomic E-state index is -0.848. The summed E-state index contributed by atoms with van der Waals surface area (Å²) in [7, 11) is 0. The Kier molecular flexibility index (Phi) is 2.99. The zero-order chi connectivity index (χ0) is 11.7. The summed E-state index contributed by atoms with van der Waals surface area (Å²) in [4.78, 5) is 11.1. The van der Waals surface area contributed by atoms with E-state index in [0.29, 0.717) is 17.5 Å². The molecule has 0 aliphatic heterocycles. The van der Waals surface area contributed by atoms with Crippen LogP contribution < -0.4 is 0 Å². The minimum Gasteiger partial charge on any atom is -0.478 e. The van der Waals surface area contributed by atoms with Crippen molar-refractivity contribution in [1.29, 1.82) is 0 Å². The van der Waals surface area contributed by atoms with Crippen molar-refractivity contribution in [3.8, 4) is 0 Å². The number of rotatable bonds is 5. The zero-order valence-corrected chi connectivity index (χ0v) is 9.81. The first-order chi connectivity index (χ1) is 7.69. The smallest absolute Gasteiger partial charge is 0.339 e. The second-order valence-corrected chi connectivity index (χ2v) is 4.44. The summed E-state index contributed by atoms with van der Waals surface area (Å²) in [6, 6.07) is 0.337. The van der Waals surface area contributed by atoms with E-state index in [0.717, 1.165) is 31.4 Å². The summed E-state index contributed by atoms with van der Waals surface area (Å²) >= 11 is 0. The van der Waals surface area contributed by atoms with E-state index in [-0.39, 0.29) is 0 Å². The van der Waals surface area contributed by atoms with Crippen LogP contribution in [0, 0.1) is 0 Å². The van der Waals surface area contributed by atoms with Gasteiger partial charge in [-0.3, -0.25) is 4.68 Å². The molecule has 0 unspecified atom stereocenters. The van der Waals surface area contributed by atoms with Gasteiger partial charge in [0.2, 0.25) is 0 Å². The highest BCUT2D eigenvalue weighted by molar-refractivity contribution is 5.89. The highest BCUT2D eigenvalue weighted by Gasteiger charge is 2.33. The molecule has 4 heteroatoms. The van der Waals surface area contributed by atoms with Crippen LogP contribution in [0.2, 0.25) is 0 Å². The van der Waals surface area contributed by atoms with Gasteiger partial charge in [-0.05, 0) is 25.7 Å². The van der Waals surface area contributed by atoms with E-state index in [1.54, 1.807) is 0 Å². The maximum atomic E-state index is 11.1. The average Bonchev–Trinajstić information content (AvgIpc) is 3.01. The van der Waals surface area contributed by atoms with E-state index < -0.39 is 5.97 Å². The largest absolute Gasteiger partial charge is 0.478 e. The lowest BCUT2D eigenvalue weighted by Crippen LogP contribution is -2.13. The van der Waals surface area contributed by atoms with Crippen molar-refractivity contribution in [3.05, 3.63) is 17.5 Å². The molecule has 1 aromatic heterocycles. The first-order valence-corrected chi connectivity index (χ1v) is 5.99. The van der Waals surface area contributed by atoms with Crippen molar-refractivity contribution in [2.24, 2.45) is 0 Å². The maximum absolute atomic E-state index is 11.1. The SMILES string of the molecule is CCC(CC)n1ncc(C(=O)O)c1C1CC1. The Morgan fingerprint density at radius 2 is 2.19 bits per heavy atom. The molecule has 88 valence electrons. The van der Waals surface area contributed by atoms with Crippen molar-refractivity contribution in [2.75, 3.05) is 0 Å². The van der Waals surface area contributed by atoms with Gasteiger partial charge in [-0.2, -0.15) is 5.10 Å². The molecule has 0 saturated heterocycles. The maximum Gasteiger partial charge on any atom is 0.339 e. The summed E-state index contributed by atoms with van der Waals surface area (Å²) < 4.78 is 1.95. The molecule has 2 rings (SSSR count). The Morgan fingerprint density at radius 1 is 1.56 bits per heavy atom. The normalized spacial score (nSPS) is 15.7. The number of hydrogen-bond donors (Lipinski definition) is 1. The minimum absolute atomic E-state index is 0.337. The van der Waals surface area contributed by atoms with Crippen LogP contribution >= 0.6 is 0 Å². The van der Waals surface area contributed by atoms with Crippen LogP contribution in [0.1, 0.15) is 67.5 Å². The Morgan fingerprint density at radius 3 is 2.62 bits per heavy atom. The van der Waals surface area contributed by atoms with Gasteiger partial charge in [0, 0.05) is 5.92 Å². The lowest BCUT2D eigenvalue weighted by Gasteiger charge is -2.16. The third-order valence-corrected chi connectivity index (χ3v) is 3.32. The topological polar surface area (TPSA) is 55.1 Å². The molecule has 1 heterocycles. The lowest BCUT2D eigenvalue weighted by atomic mass is 10.1. The number of aromatic nitrogens is 2. The van der Waals surface area contributed by atoms with Gasteiger partial charge in [-0.15, -0.1) is 0 Å². The van der Waals surface area contributed by atoms with Gasteiger partial charge < -0.3 is 5.11 Å². The van der Waals surface area contributed by atoms with Crippen LogP contribution in [0.3, 0.4) is 0 Å². The van der Waals surface area contributed by atoms with Crippen molar-refractivity contribution >= 4 is 5.97 Å². The van der Waals surface area contributed by atoms with E-state index in [4.69, 9.17) is 5.11 Å². The number of carboxylic acids is 1. The number of hydrogen-bond acceptors (Lipinski definition) is 2. The van der Waals surface area contributed by atoms with E-state index >= 15 is 0 Å². The predicted molar refractivity (Wildman–Crippen MR) is 60.8 cm³/mol. The number of aromatic carboxylic acids is 1. The fourth-order valence-corrected chi connectivity index (χ4v) is 2.23. The van der Waals surface area contributed by atoms with E-state index in [1.165, 1.54) is 6.20 Å². The molecule has 16 heavy (non-hydrogen) atoms. The second-order valence-electron chi connectivity index (χ2n) is 4.44. The molecule has 1 aliphatic rings. The molecule has 1 N–H and O–H groups in total. The summed E-state index contributed by atoms with van der Waals surface area (Å²) in [5, 5.41) is 13.4. The van der Waals surface area contributed by atoms with Crippen LogP contribution in [-0.4, -0.2) is 20.9 Å². The van der Waals surface area contributed by atoms with E-state index in [1.807, 2.05) is 4.68 Å². The van der Waals surface area contributed by atoms with Crippen LogP contribution in [0.5, 0.6) is 0 Å². The zero-order valence-electron chi connectivity index (χ0n) is 9.81. The molecule has 0 atom stereocenters. The Labute approximate surface area is 95.3 Å². The van der Waals surface area contributed by atoms with Gasteiger partial charge in [-0.1, -0.05) is 13.8 Å². The van der Waals surface area contributed by atoms with Gasteiger partial charge in [-0.25, -0.2) is 4.79 Å². The van der Waals surface area contributed by atoms with Crippen LogP contribution in [0.15, 0.2) is 6.20 Å². The first-order valence-electron chi connectivity index (χ1n) is 5.99. The highest BCUT2D eigenvalue weighted by Crippen LogP contribution is 2.43. The molecule has 0 bridgehead atoms. The number of carbonyl (C=O) groups is 1. The third kappa shape index (κ3) is 1.84. The van der Waals surface area contributed by atoms with Crippen LogP contribution in [0.4, 0.5) is 0 Å². The average molecular weight is 222 g/mol.